The number of nitrogen functional groups attached to an aromatic ring is 1. The number of benzene rings is 2. The lowest BCUT2D eigenvalue weighted by Crippen LogP contribution is -2.10. The summed E-state index contributed by atoms with van der Waals surface area (Å²) in [6, 6.07) is 15.2. The number of rotatable bonds is 3. The number of hydrogen-bond acceptors (Lipinski definition) is 4. The Morgan fingerprint density at radius 2 is 1.89 bits per heavy atom. The van der Waals surface area contributed by atoms with Crippen LogP contribution < -0.4 is 15.4 Å². The van der Waals surface area contributed by atoms with Crippen LogP contribution in [-0.2, 0) is 0 Å². The zero-order valence-electron chi connectivity index (χ0n) is 10.9. The van der Waals surface area contributed by atoms with Gasteiger partial charge in [0.25, 0.3) is 0 Å². The van der Waals surface area contributed by atoms with Gasteiger partial charge in [0, 0.05) is 30.2 Å². The first-order valence-electron chi connectivity index (χ1n) is 5.83. The van der Waals surface area contributed by atoms with Crippen LogP contribution in [0.3, 0.4) is 0 Å². The first-order chi connectivity index (χ1) is 9.15. The van der Waals surface area contributed by atoms with E-state index >= 15 is 0 Å². The van der Waals surface area contributed by atoms with Crippen molar-refractivity contribution >= 4 is 17.1 Å². The molecule has 0 aliphatic rings. The van der Waals surface area contributed by atoms with Crippen LogP contribution in [0.4, 0.5) is 17.1 Å². The van der Waals surface area contributed by atoms with Gasteiger partial charge in [-0.25, -0.2) is 0 Å². The van der Waals surface area contributed by atoms with E-state index in [1.165, 1.54) is 0 Å². The van der Waals surface area contributed by atoms with E-state index in [1.54, 1.807) is 19.2 Å². The molecule has 2 N–H and O–H groups in total. The molecule has 2 aromatic carbocycles. The number of ether oxygens (including phenoxy) is 1. The summed E-state index contributed by atoms with van der Waals surface area (Å²) in [4.78, 5) is 1.98. The lowest BCUT2D eigenvalue weighted by Gasteiger charge is -2.20. The maximum Gasteiger partial charge on any atom is 0.120 e. The van der Waals surface area contributed by atoms with Crippen molar-refractivity contribution in [1.29, 1.82) is 5.26 Å². The molecule has 4 nitrogen and oxygen atoms in total. The van der Waals surface area contributed by atoms with Crippen molar-refractivity contribution in [1.82, 2.24) is 0 Å². The van der Waals surface area contributed by atoms with Crippen LogP contribution in [-0.4, -0.2) is 14.2 Å². The summed E-state index contributed by atoms with van der Waals surface area (Å²) in [6.07, 6.45) is 0. The molecule has 0 saturated carbocycles. The SMILES string of the molecule is COc1cccc(N(C)c2ccc(N)c(C#N)c2)c1. The number of nitrogens with zero attached hydrogens (tertiary/aromatic N) is 2. The van der Waals surface area contributed by atoms with Crippen molar-refractivity contribution in [2.45, 2.75) is 0 Å². The number of nitriles is 1. The van der Waals surface area contributed by atoms with Crippen molar-refractivity contribution in [2.24, 2.45) is 0 Å². The van der Waals surface area contributed by atoms with Crippen molar-refractivity contribution < 1.29 is 4.74 Å². The van der Waals surface area contributed by atoms with Gasteiger partial charge < -0.3 is 15.4 Å². The predicted octanol–water partition coefficient (Wildman–Crippen LogP) is 2.92. The zero-order chi connectivity index (χ0) is 13.8. The molecule has 96 valence electrons. The first kappa shape index (κ1) is 12.8. The predicted molar refractivity (Wildman–Crippen MR) is 76.6 cm³/mol. The van der Waals surface area contributed by atoms with Crippen LogP contribution in [0.2, 0.25) is 0 Å². The van der Waals surface area contributed by atoms with Gasteiger partial charge in [-0.1, -0.05) is 6.07 Å². The molecular formula is C15H15N3O. The average molecular weight is 253 g/mol. The smallest absolute Gasteiger partial charge is 0.120 e. The summed E-state index contributed by atoms with van der Waals surface area (Å²) in [5.74, 6) is 0.792. The summed E-state index contributed by atoms with van der Waals surface area (Å²) >= 11 is 0. The second kappa shape index (κ2) is 5.32. The highest BCUT2D eigenvalue weighted by molar-refractivity contribution is 5.69. The number of hydrogen-bond donors (Lipinski definition) is 1. The third kappa shape index (κ3) is 2.61. The fraction of sp³-hybridized carbons (Fsp3) is 0.133. The van der Waals surface area contributed by atoms with E-state index in [4.69, 9.17) is 15.7 Å². The Kier molecular flexibility index (Phi) is 3.58. The highest BCUT2D eigenvalue weighted by Gasteiger charge is 2.07. The minimum absolute atomic E-state index is 0.479. The maximum atomic E-state index is 9.01. The molecular weight excluding hydrogens is 238 g/mol. The molecule has 0 bridgehead atoms. The first-order valence-corrected chi connectivity index (χ1v) is 5.83. The molecule has 2 rings (SSSR count). The van der Waals surface area contributed by atoms with Crippen LogP contribution >= 0.6 is 0 Å². The third-order valence-corrected chi connectivity index (χ3v) is 2.99. The van der Waals surface area contributed by atoms with Crippen LogP contribution in [0.15, 0.2) is 42.5 Å². The minimum atomic E-state index is 0.479. The molecule has 0 fully saturated rings. The van der Waals surface area contributed by atoms with Gasteiger partial charge in [-0.3, -0.25) is 0 Å². The summed E-state index contributed by atoms with van der Waals surface area (Å²) in [5.41, 5.74) is 8.57. The van der Waals surface area contributed by atoms with Crippen molar-refractivity contribution in [2.75, 3.05) is 24.8 Å². The van der Waals surface area contributed by atoms with Crippen LogP contribution in [0.25, 0.3) is 0 Å². The van der Waals surface area contributed by atoms with E-state index in [2.05, 4.69) is 6.07 Å². The lowest BCUT2D eigenvalue weighted by atomic mass is 10.1. The maximum absolute atomic E-state index is 9.01. The monoisotopic (exact) mass is 253 g/mol. The molecule has 0 spiro atoms. The summed E-state index contributed by atoms with van der Waals surface area (Å²) in [7, 11) is 3.57. The Labute approximate surface area is 112 Å². The Balaban J connectivity index is 2.38. The largest absolute Gasteiger partial charge is 0.497 e. The second-order valence-corrected chi connectivity index (χ2v) is 4.14. The molecule has 0 amide bonds. The van der Waals surface area contributed by atoms with Gasteiger partial charge in [-0.15, -0.1) is 0 Å². The molecule has 0 radical (unpaired) electrons. The van der Waals surface area contributed by atoms with E-state index in [9.17, 15) is 0 Å². The van der Waals surface area contributed by atoms with Gasteiger partial charge in [0.05, 0.1) is 12.7 Å². The van der Waals surface area contributed by atoms with Gasteiger partial charge in [0.2, 0.25) is 0 Å². The third-order valence-electron chi connectivity index (χ3n) is 2.99. The Morgan fingerprint density at radius 3 is 2.58 bits per heavy atom. The number of methoxy groups -OCH3 is 1. The van der Waals surface area contributed by atoms with Crippen molar-refractivity contribution in [3.8, 4) is 11.8 Å². The van der Waals surface area contributed by atoms with E-state index in [0.717, 1.165) is 17.1 Å². The van der Waals surface area contributed by atoms with Gasteiger partial charge in [-0.05, 0) is 30.3 Å². The normalized spacial score (nSPS) is 9.74. The molecule has 19 heavy (non-hydrogen) atoms. The van der Waals surface area contributed by atoms with Gasteiger partial charge in [-0.2, -0.15) is 5.26 Å². The number of nitrogens with two attached hydrogens (primary N) is 1. The van der Waals surface area contributed by atoms with Crippen molar-refractivity contribution in [3.05, 3.63) is 48.0 Å². The van der Waals surface area contributed by atoms with Gasteiger partial charge >= 0.3 is 0 Å². The number of anilines is 3. The van der Waals surface area contributed by atoms with Crippen molar-refractivity contribution in [3.63, 3.8) is 0 Å². The molecule has 0 saturated heterocycles. The molecule has 0 atom stereocenters. The van der Waals surface area contributed by atoms with E-state index < -0.39 is 0 Å². The Bertz CT molecular complexity index is 632. The minimum Gasteiger partial charge on any atom is -0.497 e. The fourth-order valence-corrected chi connectivity index (χ4v) is 1.82. The highest BCUT2D eigenvalue weighted by atomic mass is 16.5. The van der Waals surface area contributed by atoms with Crippen LogP contribution in [0.1, 0.15) is 5.56 Å². The standard InChI is InChI=1S/C15H15N3O/c1-18(12-4-3-5-14(9-12)19-2)13-6-7-15(17)11(8-13)10-16/h3-9H,17H2,1-2H3. The average Bonchev–Trinajstić information content (AvgIpc) is 2.47. The highest BCUT2D eigenvalue weighted by Crippen LogP contribution is 2.28. The Morgan fingerprint density at radius 1 is 1.16 bits per heavy atom. The fourth-order valence-electron chi connectivity index (χ4n) is 1.82. The lowest BCUT2D eigenvalue weighted by molar-refractivity contribution is 0.415. The van der Waals surface area contributed by atoms with E-state index in [-0.39, 0.29) is 0 Å². The second-order valence-electron chi connectivity index (χ2n) is 4.14. The van der Waals surface area contributed by atoms with E-state index in [1.807, 2.05) is 42.3 Å². The topological polar surface area (TPSA) is 62.3 Å². The molecule has 0 aromatic heterocycles. The molecule has 2 aromatic rings. The summed E-state index contributed by atoms with van der Waals surface area (Å²) in [6.45, 7) is 0. The molecule has 0 heterocycles. The van der Waals surface area contributed by atoms with Crippen LogP contribution in [0.5, 0.6) is 5.75 Å². The molecule has 0 unspecified atom stereocenters. The van der Waals surface area contributed by atoms with Gasteiger partial charge in [0.15, 0.2) is 0 Å². The Hall–Kier alpha value is -2.67. The van der Waals surface area contributed by atoms with Crippen LogP contribution in [0, 0.1) is 11.3 Å². The molecule has 0 aliphatic carbocycles. The van der Waals surface area contributed by atoms with E-state index in [0.29, 0.717) is 11.3 Å². The zero-order valence-corrected chi connectivity index (χ0v) is 10.9. The van der Waals surface area contributed by atoms with Gasteiger partial charge in [0.1, 0.15) is 11.8 Å². The molecule has 4 heteroatoms. The quantitative estimate of drug-likeness (QED) is 0.854. The molecule has 0 aliphatic heterocycles. The summed E-state index contributed by atoms with van der Waals surface area (Å²) in [5, 5.41) is 9.01. The summed E-state index contributed by atoms with van der Waals surface area (Å²) < 4.78 is 5.21.